The van der Waals surface area contributed by atoms with Crippen LogP contribution in [0.3, 0.4) is 0 Å². The van der Waals surface area contributed by atoms with Crippen LogP contribution in [-0.2, 0) is 4.79 Å². The number of nitro groups is 1. The fourth-order valence-corrected chi connectivity index (χ4v) is 3.12. The van der Waals surface area contributed by atoms with Gasteiger partial charge in [-0.25, -0.2) is 9.78 Å². The second kappa shape index (κ2) is 7.41. The monoisotopic (exact) mass is 393 g/mol. The summed E-state index contributed by atoms with van der Waals surface area (Å²) < 4.78 is 10.9. The number of hydrogen-bond acceptors (Lipinski definition) is 8. The van der Waals surface area contributed by atoms with Crippen LogP contribution >= 0.6 is 11.3 Å². The summed E-state index contributed by atoms with van der Waals surface area (Å²) in [6.45, 7) is 0. The normalized spacial score (nSPS) is 11.1. The lowest BCUT2D eigenvalue weighted by atomic mass is 10.3. The van der Waals surface area contributed by atoms with Crippen molar-refractivity contribution in [3.05, 3.63) is 75.8 Å². The van der Waals surface area contributed by atoms with E-state index in [1.807, 2.05) is 6.07 Å². The number of benzene rings is 1. The first kappa shape index (κ1) is 17.6. The molecule has 0 N–H and O–H groups in total. The Bertz CT molecular complexity index is 1200. The number of thiophene rings is 1. The second-order valence-corrected chi connectivity index (χ2v) is 6.64. The predicted molar refractivity (Wildman–Crippen MR) is 103 cm³/mol. The summed E-state index contributed by atoms with van der Waals surface area (Å²) >= 11 is 0.969. The molecule has 0 aliphatic heterocycles. The number of fused-ring (bicyclic) bond motifs is 1. The number of aromatic nitrogens is 2. The summed E-state index contributed by atoms with van der Waals surface area (Å²) in [5, 5.41) is 10.7. The van der Waals surface area contributed by atoms with E-state index in [1.165, 1.54) is 18.2 Å². The number of oxazole rings is 1. The minimum Gasteiger partial charge on any atom is -0.435 e. The molecule has 0 aliphatic carbocycles. The Kier molecular flexibility index (Phi) is 4.65. The van der Waals surface area contributed by atoms with E-state index in [0.29, 0.717) is 33.3 Å². The third kappa shape index (κ3) is 3.79. The number of esters is 1. The summed E-state index contributed by atoms with van der Waals surface area (Å²) in [5.41, 5.74) is 1.68. The van der Waals surface area contributed by atoms with Crippen LogP contribution in [-0.4, -0.2) is 20.9 Å². The van der Waals surface area contributed by atoms with E-state index in [0.717, 1.165) is 11.3 Å². The van der Waals surface area contributed by atoms with Gasteiger partial charge in [0.2, 0.25) is 5.89 Å². The number of carbonyl (C=O) groups excluding carboxylic acids is 1. The highest BCUT2D eigenvalue weighted by Crippen LogP contribution is 2.27. The van der Waals surface area contributed by atoms with E-state index in [1.54, 1.807) is 42.6 Å². The van der Waals surface area contributed by atoms with Gasteiger partial charge < -0.3 is 9.15 Å². The standard InChI is InChI=1S/C19H11N3O5S/c23-18(9-6-13-5-8-17(28-13)22(24)25)26-12-4-7-14-16(11-12)27-19(21-14)15-3-1-2-10-20-15/h1-11H/b9-6+. The van der Waals surface area contributed by atoms with Crippen molar-refractivity contribution in [2.24, 2.45) is 0 Å². The van der Waals surface area contributed by atoms with Gasteiger partial charge in [0, 0.05) is 29.3 Å². The maximum atomic E-state index is 12.0. The molecule has 0 bridgehead atoms. The lowest BCUT2D eigenvalue weighted by Crippen LogP contribution is -2.03. The van der Waals surface area contributed by atoms with Crippen LogP contribution in [0, 0.1) is 10.1 Å². The van der Waals surface area contributed by atoms with E-state index in [2.05, 4.69) is 9.97 Å². The van der Waals surface area contributed by atoms with Gasteiger partial charge in [-0.1, -0.05) is 17.4 Å². The minimum atomic E-state index is -0.611. The summed E-state index contributed by atoms with van der Waals surface area (Å²) in [4.78, 5) is 31.3. The number of carbonyl (C=O) groups is 1. The van der Waals surface area contributed by atoms with Gasteiger partial charge in [0.25, 0.3) is 0 Å². The van der Waals surface area contributed by atoms with Crippen molar-refractivity contribution in [3.63, 3.8) is 0 Å². The van der Waals surface area contributed by atoms with Crippen molar-refractivity contribution in [2.75, 3.05) is 0 Å². The third-order valence-corrected chi connectivity index (χ3v) is 4.64. The topological polar surface area (TPSA) is 108 Å². The summed E-state index contributed by atoms with van der Waals surface area (Å²) in [6, 6.07) is 13.2. The Hall–Kier alpha value is -3.85. The van der Waals surface area contributed by atoms with Crippen LogP contribution in [0.2, 0.25) is 0 Å². The van der Waals surface area contributed by atoms with Crippen LogP contribution in [0.25, 0.3) is 28.8 Å². The summed E-state index contributed by atoms with van der Waals surface area (Å²) in [6.07, 6.45) is 4.32. The Morgan fingerprint density at radius 3 is 2.86 bits per heavy atom. The number of ether oxygens (including phenoxy) is 1. The number of nitrogens with zero attached hydrogens (tertiary/aromatic N) is 3. The van der Waals surface area contributed by atoms with E-state index >= 15 is 0 Å². The van der Waals surface area contributed by atoms with Crippen LogP contribution in [0.5, 0.6) is 5.75 Å². The maximum Gasteiger partial charge on any atom is 0.336 e. The zero-order valence-corrected chi connectivity index (χ0v) is 15.0. The van der Waals surface area contributed by atoms with Crippen LogP contribution in [0.1, 0.15) is 4.88 Å². The van der Waals surface area contributed by atoms with Crippen LogP contribution < -0.4 is 4.74 Å². The summed E-state index contributed by atoms with van der Waals surface area (Å²) in [5.74, 6) is 0.0566. The zero-order valence-electron chi connectivity index (χ0n) is 14.1. The SMILES string of the molecule is O=C(/C=C/c1ccc([N+](=O)[O-])s1)Oc1ccc2nc(-c3ccccn3)oc2c1. The van der Waals surface area contributed by atoms with Crippen molar-refractivity contribution in [3.8, 4) is 17.3 Å². The smallest absolute Gasteiger partial charge is 0.336 e. The lowest BCUT2D eigenvalue weighted by Gasteiger charge is -1.99. The number of pyridine rings is 1. The molecule has 0 fully saturated rings. The number of rotatable bonds is 5. The van der Waals surface area contributed by atoms with E-state index in [-0.39, 0.29) is 5.00 Å². The Balaban J connectivity index is 1.48. The van der Waals surface area contributed by atoms with Gasteiger partial charge in [-0.2, -0.15) is 0 Å². The first-order chi connectivity index (χ1) is 13.6. The molecule has 0 unspecified atom stereocenters. The van der Waals surface area contributed by atoms with E-state index in [4.69, 9.17) is 9.15 Å². The zero-order chi connectivity index (χ0) is 19.5. The van der Waals surface area contributed by atoms with Crippen molar-refractivity contribution in [2.45, 2.75) is 0 Å². The molecule has 0 saturated heterocycles. The average molecular weight is 393 g/mol. The third-order valence-electron chi connectivity index (χ3n) is 3.64. The van der Waals surface area contributed by atoms with Gasteiger partial charge in [-0.05, 0) is 36.4 Å². The molecule has 4 rings (SSSR count). The molecular weight excluding hydrogens is 382 g/mol. The molecule has 9 heteroatoms. The molecule has 0 aliphatic rings. The molecule has 28 heavy (non-hydrogen) atoms. The fourth-order valence-electron chi connectivity index (χ4n) is 2.40. The maximum absolute atomic E-state index is 12.0. The number of hydrogen-bond donors (Lipinski definition) is 0. The van der Waals surface area contributed by atoms with Gasteiger partial charge in [-0.15, -0.1) is 0 Å². The quantitative estimate of drug-likeness (QED) is 0.162. The lowest BCUT2D eigenvalue weighted by molar-refractivity contribution is -0.380. The average Bonchev–Trinajstić information content (AvgIpc) is 3.34. The fraction of sp³-hybridized carbons (Fsp3) is 0. The summed E-state index contributed by atoms with van der Waals surface area (Å²) in [7, 11) is 0. The Labute approximate surface area is 161 Å². The highest BCUT2D eigenvalue weighted by molar-refractivity contribution is 7.16. The first-order valence-corrected chi connectivity index (χ1v) is 8.86. The molecule has 0 amide bonds. The molecule has 8 nitrogen and oxygen atoms in total. The van der Waals surface area contributed by atoms with Crippen molar-refractivity contribution >= 4 is 39.5 Å². The van der Waals surface area contributed by atoms with Gasteiger partial charge in [-0.3, -0.25) is 15.1 Å². The Morgan fingerprint density at radius 2 is 2.11 bits per heavy atom. The Morgan fingerprint density at radius 1 is 1.21 bits per heavy atom. The van der Waals surface area contributed by atoms with Gasteiger partial charge in [0.15, 0.2) is 5.58 Å². The van der Waals surface area contributed by atoms with Crippen LogP contribution in [0.4, 0.5) is 5.00 Å². The largest absolute Gasteiger partial charge is 0.435 e. The molecule has 138 valence electrons. The molecule has 0 atom stereocenters. The molecule has 3 heterocycles. The molecule has 0 radical (unpaired) electrons. The molecular formula is C19H11N3O5S. The van der Waals surface area contributed by atoms with Crippen molar-refractivity contribution < 1.29 is 18.9 Å². The minimum absolute atomic E-state index is 0.00694. The molecule has 1 aromatic carbocycles. The predicted octanol–water partition coefficient (Wildman–Crippen LogP) is 4.48. The molecule has 0 saturated carbocycles. The molecule has 3 aromatic heterocycles. The van der Waals surface area contributed by atoms with Gasteiger partial charge >= 0.3 is 11.0 Å². The van der Waals surface area contributed by atoms with Crippen LogP contribution in [0.15, 0.2) is 65.2 Å². The molecule has 0 spiro atoms. The van der Waals surface area contributed by atoms with E-state index < -0.39 is 10.9 Å². The first-order valence-electron chi connectivity index (χ1n) is 8.04. The van der Waals surface area contributed by atoms with Crippen molar-refractivity contribution in [1.82, 2.24) is 9.97 Å². The van der Waals surface area contributed by atoms with Crippen molar-refractivity contribution in [1.29, 1.82) is 0 Å². The molecule has 4 aromatic rings. The second-order valence-electron chi connectivity index (χ2n) is 5.55. The highest BCUT2D eigenvalue weighted by Gasteiger charge is 2.11. The van der Waals surface area contributed by atoms with Gasteiger partial charge in [0.1, 0.15) is 17.0 Å². The van der Waals surface area contributed by atoms with Gasteiger partial charge in [0.05, 0.1) is 4.92 Å². The highest BCUT2D eigenvalue weighted by atomic mass is 32.1. The van der Waals surface area contributed by atoms with E-state index in [9.17, 15) is 14.9 Å².